The van der Waals surface area contributed by atoms with Gasteiger partial charge in [-0.1, -0.05) is 24.3 Å². The Kier molecular flexibility index (Phi) is 15.2. The zero-order chi connectivity index (χ0) is 56.3. The second kappa shape index (κ2) is 18.9. The van der Waals surface area contributed by atoms with Crippen LogP contribution in [0.1, 0.15) is 11.1 Å². The van der Waals surface area contributed by atoms with E-state index >= 15 is 0 Å². The summed E-state index contributed by atoms with van der Waals surface area (Å²) in [5, 5.41) is 0. The Morgan fingerprint density at radius 1 is 0.329 bits per heavy atom. The fourth-order valence-corrected chi connectivity index (χ4v) is 5.69. The predicted octanol–water partition coefficient (Wildman–Crippen LogP) is 15.8. The molecule has 0 aliphatic heterocycles. The highest BCUT2D eigenvalue weighted by atomic mass is 19.4. The second-order valence-electron chi connectivity index (χ2n) is 14.2. The van der Waals surface area contributed by atoms with Crippen LogP contribution in [-0.2, 0) is 5.41 Å². The molecule has 4 N–H and O–H groups in total. The van der Waals surface area contributed by atoms with Crippen LogP contribution in [0.15, 0.2) is 109 Å². The molecule has 4 aromatic rings. The van der Waals surface area contributed by atoms with Crippen molar-refractivity contribution in [2.45, 2.75) is 65.7 Å². The lowest BCUT2D eigenvalue weighted by molar-refractivity contribution is -0.392. The molecule has 404 valence electrons. The molecule has 0 spiro atoms. The zero-order valence-electron chi connectivity index (χ0n) is 34.0. The first-order chi connectivity index (χ1) is 32.8. The van der Waals surface area contributed by atoms with E-state index in [-0.39, 0.29) is 36.4 Å². The van der Waals surface area contributed by atoms with E-state index in [9.17, 15) is 123 Å². The van der Waals surface area contributed by atoms with E-state index in [2.05, 4.69) is 9.47 Å². The summed E-state index contributed by atoms with van der Waals surface area (Å²) in [5.41, 5.74) is 0.387. The Bertz CT molecular complexity index is 2520. The summed E-state index contributed by atoms with van der Waals surface area (Å²) in [6.07, 6.45) is -27.6. The quantitative estimate of drug-likeness (QED) is 0.0660. The summed E-state index contributed by atoms with van der Waals surface area (Å²) < 4.78 is 401. The van der Waals surface area contributed by atoms with E-state index in [1.165, 1.54) is 0 Å². The molecule has 6 nitrogen and oxygen atoms in total. The van der Waals surface area contributed by atoms with Crippen LogP contribution in [-0.4, -0.2) is 60.2 Å². The van der Waals surface area contributed by atoms with Crippen molar-refractivity contribution in [1.29, 1.82) is 0 Å². The molecule has 0 aliphatic carbocycles. The summed E-state index contributed by atoms with van der Waals surface area (Å²) >= 11 is 0. The molecule has 0 aromatic heterocycles. The molecular weight excluding hydrogens is 1090 g/mol. The minimum absolute atomic E-state index is 0.136. The zero-order valence-corrected chi connectivity index (χ0v) is 34.0. The van der Waals surface area contributed by atoms with Gasteiger partial charge in [-0.15, -0.1) is 0 Å². The van der Waals surface area contributed by atoms with Crippen molar-refractivity contribution in [3.8, 4) is 34.5 Å². The smallest absolute Gasteiger partial charge is 0.457 e. The maximum atomic E-state index is 14.8. The molecule has 0 saturated heterocycles. The van der Waals surface area contributed by atoms with Gasteiger partial charge in [0.1, 0.15) is 23.0 Å². The van der Waals surface area contributed by atoms with E-state index in [0.717, 1.165) is 0 Å². The van der Waals surface area contributed by atoms with Crippen LogP contribution in [0.2, 0.25) is 0 Å². The van der Waals surface area contributed by atoms with Crippen molar-refractivity contribution in [2.75, 3.05) is 11.5 Å². The number of nitrogens with two attached hydrogens (primary N) is 2. The van der Waals surface area contributed by atoms with Gasteiger partial charge in [0, 0.05) is 12.1 Å². The Hall–Kier alpha value is -6.80. The number of nitrogen functional groups attached to an aromatic ring is 2. The molecule has 0 amide bonds. The summed E-state index contributed by atoms with van der Waals surface area (Å²) in [7, 11) is 0. The highest BCUT2D eigenvalue weighted by Gasteiger charge is 2.85. The Morgan fingerprint density at radius 2 is 0.589 bits per heavy atom. The van der Waals surface area contributed by atoms with Gasteiger partial charge in [0.25, 0.3) is 0 Å². The van der Waals surface area contributed by atoms with Crippen LogP contribution in [0.25, 0.3) is 0 Å². The van der Waals surface area contributed by atoms with Gasteiger partial charge >= 0.3 is 72.3 Å². The van der Waals surface area contributed by atoms with Gasteiger partial charge in [0.15, 0.2) is 11.5 Å². The monoisotopic (exact) mass is 1110 g/mol. The van der Waals surface area contributed by atoms with Gasteiger partial charge in [-0.25, -0.2) is 0 Å². The van der Waals surface area contributed by atoms with Gasteiger partial charge in [0.05, 0.1) is 11.4 Å². The van der Waals surface area contributed by atoms with Crippen molar-refractivity contribution in [1.82, 2.24) is 0 Å². The van der Waals surface area contributed by atoms with Crippen molar-refractivity contribution < 1.29 is 142 Å². The van der Waals surface area contributed by atoms with Gasteiger partial charge < -0.3 is 30.4 Å². The summed E-state index contributed by atoms with van der Waals surface area (Å²) in [4.78, 5) is 0. The van der Waals surface area contributed by atoms with Crippen LogP contribution in [0.3, 0.4) is 0 Å². The normalized spacial score (nSPS) is 14.8. The first-order valence-electron chi connectivity index (χ1n) is 18.1. The van der Waals surface area contributed by atoms with E-state index in [1.54, 1.807) is 0 Å². The Morgan fingerprint density at radius 3 is 0.836 bits per heavy atom. The molecule has 0 atom stereocenters. The highest BCUT2D eigenvalue weighted by molar-refractivity contribution is 5.58. The average molecular weight is 1110 g/mol. The number of benzene rings is 4. The third kappa shape index (κ3) is 10.3. The van der Waals surface area contributed by atoms with Crippen LogP contribution < -0.4 is 30.4 Å². The van der Waals surface area contributed by atoms with Crippen molar-refractivity contribution in [2.24, 2.45) is 0 Å². The van der Waals surface area contributed by atoms with E-state index in [1.807, 2.05) is 0 Å². The molecule has 0 saturated carbocycles. The molecule has 0 unspecified atom stereocenters. The Labute approximate surface area is 384 Å². The number of hydrogen-bond donors (Lipinski definition) is 2. The van der Waals surface area contributed by atoms with Crippen LogP contribution in [0.4, 0.5) is 134 Å². The maximum Gasteiger partial charge on any atom is 0.460 e. The van der Waals surface area contributed by atoms with Gasteiger partial charge in [-0.3, -0.25) is 0 Å². The summed E-state index contributed by atoms with van der Waals surface area (Å²) in [5.74, 6) is -60.1. The minimum atomic E-state index is -7.70. The lowest BCUT2D eigenvalue weighted by Crippen LogP contribution is -2.61. The second-order valence-corrected chi connectivity index (χ2v) is 14.2. The standard InChI is InChI=1S/C39H18F28N2O4/c40-25(30(44,45)32(48,49)34(52,53)38(62,63)64)27(42)72-23-13-19(9-11-21(23)68)70-17-5-1-15(2-6-17)29(36(56,57)58,37(59,60)61)16-3-7-18(8-4-16)71-20-10-12-22(69)24(14-20)73-28(43)26(41)31(46,47)33(50,51)35(54,55)39(65,66)67/h1-14H,68-69H2. The molecule has 34 heteroatoms. The number of anilines is 2. The fraction of sp³-hybridized carbons (Fsp3) is 0.282. The third-order valence-corrected chi connectivity index (χ3v) is 9.45. The largest absolute Gasteiger partial charge is 0.460 e. The van der Waals surface area contributed by atoms with Crippen molar-refractivity contribution in [3.05, 3.63) is 120 Å². The molecular formula is C39H18F28N2O4. The number of hydrogen-bond acceptors (Lipinski definition) is 6. The molecule has 0 fully saturated rings. The highest BCUT2D eigenvalue weighted by Crippen LogP contribution is 2.59. The molecule has 0 radical (unpaired) electrons. The van der Waals surface area contributed by atoms with Gasteiger partial charge in [-0.05, 0) is 59.7 Å². The first-order valence-corrected chi connectivity index (χ1v) is 18.1. The number of alkyl halides is 24. The van der Waals surface area contributed by atoms with Crippen LogP contribution in [0.5, 0.6) is 34.5 Å². The molecule has 0 heterocycles. The molecule has 0 aliphatic rings. The van der Waals surface area contributed by atoms with Crippen LogP contribution in [0, 0.1) is 0 Å². The topological polar surface area (TPSA) is 89.0 Å². The fourth-order valence-electron chi connectivity index (χ4n) is 5.69. The lowest BCUT2D eigenvalue weighted by Gasteiger charge is -2.38. The molecule has 4 rings (SSSR count). The number of rotatable bonds is 16. The SMILES string of the molecule is Nc1ccc(Oc2ccc(C(c3ccc(Oc4ccc(N)c(OC(F)=C(F)C(F)(F)C(F)(F)C(F)(F)C(F)(F)F)c4)cc3)(C(F)(F)F)C(F)(F)F)cc2)cc1OC(F)=C(F)C(F)(F)C(F)(F)C(F)(F)C(F)(F)F. The maximum absolute atomic E-state index is 14.8. The molecule has 4 aromatic carbocycles. The number of halogens is 28. The third-order valence-electron chi connectivity index (χ3n) is 9.45. The van der Waals surface area contributed by atoms with Gasteiger partial charge in [0.2, 0.25) is 17.1 Å². The first kappa shape index (κ1) is 58.8. The molecule has 0 bridgehead atoms. The van der Waals surface area contributed by atoms with Crippen LogP contribution >= 0.6 is 0 Å². The van der Waals surface area contributed by atoms with E-state index in [0.29, 0.717) is 48.5 Å². The Balaban J connectivity index is 1.64. The van der Waals surface area contributed by atoms with E-state index < -0.39 is 146 Å². The predicted molar refractivity (Wildman–Crippen MR) is 189 cm³/mol. The van der Waals surface area contributed by atoms with E-state index in [4.69, 9.17) is 20.9 Å². The minimum Gasteiger partial charge on any atom is -0.457 e. The van der Waals surface area contributed by atoms with Crippen molar-refractivity contribution >= 4 is 11.4 Å². The van der Waals surface area contributed by atoms with Gasteiger partial charge in [-0.2, -0.15) is 123 Å². The molecule has 73 heavy (non-hydrogen) atoms. The lowest BCUT2D eigenvalue weighted by atomic mass is 9.73. The average Bonchev–Trinajstić information content (AvgIpc) is 3.24. The number of ether oxygens (including phenoxy) is 4. The van der Waals surface area contributed by atoms with Crippen molar-refractivity contribution in [3.63, 3.8) is 0 Å². The summed E-state index contributed by atoms with van der Waals surface area (Å²) in [6, 6.07) is -2.15. The number of allylic oxidation sites excluding steroid dienone is 2. The summed E-state index contributed by atoms with van der Waals surface area (Å²) in [6.45, 7) is 0.